The number of morpholine rings is 1. The fraction of sp³-hybridized carbons (Fsp3) is 0.389. The van der Waals surface area contributed by atoms with Crippen LogP contribution in [-0.2, 0) is 27.4 Å². The van der Waals surface area contributed by atoms with Gasteiger partial charge in [-0.25, -0.2) is 0 Å². The van der Waals surface area contributed by atoms with Gasteiger partial charge in [-0.1, -0.05) is 30.3 Å². The predicted octanol–water partition coefficient (Wildman–Crippen LogP) is 0.815. The lowest BCUT2D eigenvalue weighted by Gasteiger charge is -2.35. The normalized spacial score (nSPS) is 18.8. The fourth-order valence-corrected chi connectivity index (χ4v) is 2.87. The summed E-state index contributed by atoms with van der Waals surface area (Å²) < 4.78 is 7.06. The van der Waals surface area contributed by atoms with Crippen molar-refractivity contribution in [1.29, 1.82) is 0 Å². The Hall–Kier alpha value is -2.67. The Morgan fingerprint density at radius 3 is 2.88 bits per heavy atom. The standard InChI is InChI=1S/C18H22N4O3/c1-14(10-21-9-5-8-19-21)20-18(24)16-12-25-13-17(23)22(16)11-15-6-3-2-4-7-15/h2-9,14,16H,10-13H2,1H3,(H,20,24)/t14-,16-/m1/s1. The molecule has 1 aliphatic heterocycles. The molecule has 25 heavy (non-hydrogen) atoms. The first-order valence-corrected chi connectivity index (χ1v) is 8.32. The van der Waals surface area contributed by atoms with Gasteiger partial charge < -0.3 is 15.0 Å². The van der Waals surface area contributed by atoms with E-state index < -0.39 is 6.04 Å². The summed E-state index contributed by atoms with van der Waals surface area (Å²) in [7, 11) is 0. The van der Waals surface area contributed by atoms with Gasteiger partial charge in [0.15, 0.2) is 0 Å². The smallest absolute Gasteiger partial charge is 0.249 e. The molecule has 2 atom stereocenters. The van der Waals surface area contributed by atoms with Crippen molar-refractivity contribution < 1.29 is 14.3 Å². The monoisotopic (exact) mass is 342 g/mol. The van der Waals surface area contributed by atoms with E-state index in [4.69, 9.17) is 4.74 Å². The molecule has 3 rings (SSSR count). The van der Waals surface area contributed by atoms with Crippen molar-refractivity contribution in [3.63, 3.8) is 0 Å². The molecule has 1 fully saturated rings. The van der Waals surface area contributed by atoms with E-state index >= 15 is 0 Å². The molecule has 0 spiro atoms. The molecule has 0 radical (unpaired) electrons. The second-order valence-corrected chi connectivity index (χ2v) is 6.18. The zero-order valence-electron chi connectivity index (χ0n) is 14.2. The molecule has 1 aromatic heterocycles. The third-order valence-electron chi connectivity index (χ3n) is 4.10. The number of amides is 2. The van der Waals surface area contributed by atoms with Crippen LogP contribution in [0, 0.1) is 0 Å². The average Bonchev–Trinajstić information content (AvgIpc) is 3.10. The molecule has 2 aromatic rings. The van der Waals surface area contributed by atoms with Gasteiger partial charge in [0.1, 0.15) is 12.6 Å². The van der Waals surface area contributed by atoms with Crippen LogP contribution in [0.3, 0.4) is 0 Å². The van der Waals surface area contributed by atoms with Crippen molar-refractivity contribution in [3.05, 3.63) is 54.4 Å². The van der Waals surface area contributed by atoms with Crippen molar-refractivity contribution >= 4 is 11.8 Å². The van der Waals surface area contributed by atoms with E-state index in [1.807, 2.05) is 49.5 Å². The van der Waals surface area contributed by atoms with Gasteiger partial charge in [0.25, 0.3) is 0 Å². The highest BCUT2D eigenvalue weighted by atomic mass is 16.5. The molecule has 7 nitrogen and oxygen atoms in total. The molecule has 0 aliphatic carbocycles. The third-order valence-corrected chi connectivity index (χ3v) is 4.10. The van der Waals surface area contributed by atoms with E-state index in [2.05, 4.69) is 10.4 Å². The quantitative estimate of drug-likeness (QED) is 0.843. The maximum Gasteiger partial charge on any atom is 0.249 e. The van der Waals surface area contributed by atoms with Crippen LogP contribution in [0.1, 0.15) is 12.5 Å². The Morgan fingerprint density at radius 2 is 2.16 bits per heavy atom. The maximum atomic E-state index is 12.7. The fourth-order valence-electron chi connectivity index (χ4n) is 2.87. The van der Waals surface area contributed by atoms with E-state index in [9.17, 15) is 9.59 Å². The molecular formula is C18H22N4O3. The molecule has 1 aliphatic rings. The Morgan fingerprint density at radius 1 is 1.36 bits per heavy atom. The van der Waals surface area contributed by atoms with Gasteiger partial charge in [0.05, 0.1) is 13.2 Å². The number of carbonyl (C=O) groups excluding carboxylic acids is 2. The van der Waals surface area contributed by atoms with Gasteiger partial charge >= 0.3 is 0 Å². The van der Waals surface area contributed by atoms with Crippen molar-refractivity contribution in [1.82, 2.24) is 20.0 Å². The molecule has 0 saturated carbocycles. The summed E-state index contributed by atoms with van der Waals surface area (Å²) in [5.74, 6) is -0.376. The molecule has 1 N–H and O–H groups in total. The van der Waals surface area contributed by atoms with E-state index in [1.54, 1.807) is 15.8 Å². The summed E-state index contributed by atoms with van der Waals surface area (Å²) >= 11 is 0. The molecule has 132 valence electrons. The third kappa shape index (κ3) is 4.45. The van der Waals surface area contributed by atoms with Gasteiger partial charge in [0.2, 0.25) is 11.8 Å². The zero-order valence-corrected chi connectivity index (χ0v) is 14.2. The number of benzene rings is 1. The molecule has 7 heteroatoms. The van der Waals surface area contributed by atoms with Gasteiger partial charge in [0, 0.05) is 25.0 Å². The van der Waals surface area contributed by atoms with Gasteiger partial charge in [-0.2, -0.15) is 5.10 Å². The molecular weight excluding hydrogens is 320 g/mol. The first kappa shape index (κ1) is 17.2. The Kier molecular flexibility index (Phi) is 5.45. The highest BCUT2D eigenvalue weighted by molar-refractivity contribution is 5.89. The number of rotatable bonds is 6. The van der Waals surface area contributed by atoms with Crippen molar-refractivity contribution in [2.75, 3.05) is 13.2 Å². The molecule has 0 bridgehead atoms. The molecule has 2 heterocycles. The van der Waals surface area contributed by atoms with Crippen LogP contribution in [0.15, 0.2) is 48.8 Å². The first-order chi connectivity index (χ1) is 12.1. The van der Waals surface area contributed by atoms with Gasteiger partial charge in [-0.15, -0.1) is 0 Å². The molecule has 2 amide bonds. The number of carbonyl (C=O) groups is 2. The van der Waals surface area contributed by atoms with Crippen LogP contribution in [0.2, 0.25) is 0 Å². The Bertz CT molecular complexity index is 702. The summed E-state index contributed by atoms with van der Waals surface area (Å²) in [6.45, 7) is 3.10. The van der Waals surface area contributed by atoms with Crippen LogP contribution in [0.25, 0.3) is 0 Å². The summed E-state index contributed by atoms with van der Waals surface area (Å²) in [5.41, 5.74) is 0.986. The maximum absolute atomic E-state index is 12.7. The lowest BCUT2D eigenvalue weighted by Crippen LogP contribution is -2.57. The molecule has 0 unspecified atom stereocenters. The van der Waals surface area contributed by atoms with Crippen molar-refractivity contribution in [3.8, 4) is 0 Å². The van der Waals surface area contributed by atoms with Crippen LogP contribution < -0.4 is 5.32 Å². The number of aromatic nitrogens is 2. The van der Waals surface area contributed by atoms with Crippen LogP contribution in [0.4, 0.5) is 0 Å². The number of ether oxygens (including phenoxy) is 1. The summed E-state index contributed by atoms with van der Waals surface area (Å²) in [6, 6.07) is 10.7. The number of hydrogen-bond donors (Lipinski definition) is 1. The second-order valence-electron chi connectivity index (χ2n) is 6.18. The van der Waals surface area contributed by atoms with E-state index in [-0.39, 0.29) is 31.1 Å². The number of nitrogens with one attached hydrogen (secondary N) is 1. The SMILES string of the molecule is C[C@H](Cn1cccn1)NC(=O)[C@H]1COCC(=O)N1Cc1ccccc1. The summed E-state index contributed by atoms with van der Waals surface area (Å²) in [5, 5.41) is 7.09. The minimum atomic E-state index is -0.624. The predicted molar refractivity (Wildman–Crippen MR) is 91.4 cm³/mol. The lowest BCUT2D eigenvalue weighted by atomic mass is 10.1. The largest absolute Gasteiger partial charge is 0.369 e. The zero-order chi connectivity index (χ0) is 17.6. The average molecular weight is 342 g/mol. The van der Waals surface area contributed by atoms with E-state index in [1.165, 1.54) is 0 Å². The highest BCUT2D eigenvalue weighted by Crippen LogP contribution is 2.14. The topological polar surface area (TPSA) is 76.5 Å². The van der Waals surface area contributed by atoms with Crippen LogP contribution in [0.5, 0.6) is 0 Å². The Labute approximate surface area is 146 Å². The first-order valence-electron chi connectivity index (χ1n) is 8.32. The molecule has 1 saturated heterocycles. The van der Waals surface area contributed by atoms with E-state index in [0.717, 1.165) is 5.56 Å². The lowest BCUT2D eigenvalue weighted by molar-refractivity contribution is -0.155. The number of hydrogen-bond acceptors (Lipinski definition) is 4. The highest BCUT2D eigenvalue weighted by Gasteiger charge is 2.34. The molecule has 1 aromatic carbocycles. The van der Waals surface area contributed by atoms with Gasteiger partial charge in [-0.05, 0) is 18.6 Å². The van der Waals surface area contributed by atoms with Gasteiger partial charge in [-0.3, -0.25) is 14.3 Å². The second kappa shape index (κ2) is 7.94. The Balaban J connectivity index is 1.64. The van der Waals surface area contributed by atoms with Crippen molar-refractivity contribution in [2.24, 2.45) is 0 Å². The number of nitrogens with zero attached hydrogens (tertiary/aromatic N) is 3. The van der Waals surface area contributed by atoms with E-state index in [0.29, 0.717) is 13.1 Å². The van der Waals surface area contributed by atoms with Crippen molar-refractivity contribution in [2.45, 2.75) is 32.1 Å². The summed E-state index contributed by atoms with van der Waals surface area (Å²) in [4.78, 5) is 26.5. The minimum Gasteiger partial charge on any atom is -0.369 e. The van der Waals surface area contributed by atoms with Crippen LogP contribution in [-0.4, -0.2) is 51.8 Å². The minimum absolute atomic E-state index is 0.0133. The van der Waals surface area contributed by atoms with Crippen LogP contribution >= 0.6 is 0 Å². The summed E-state index contributed by atoms with van der Waals surface area (Å²) in [6.07, 6.45) is 3.54.